The Labute approximate surface area is 167 Å². The van der Waals surface area contributed by atoms with E-state index in [1.165, 1.54) is 0 Å². The van der Waals surface area contributed by atoms with Gasteiger partial charge in [-0.1, -0.05) is 49.3 Å². The molecule has 154 valence electrons. The third-order valence-electron chi connectivity index (χ3n) is 4.27. The van der Waals surface area contributed by atoms with Crippen molar-refractivity contribution in [1.82, 2.24) is 15.8 Å². The van der Waals surface area contributed by atoms with Gasteiger partial charge in [-0.3, -0.25) is 0 Å². The van der Waals surface area contributed by atoms with Crippen LogP contribution in [0.25, 0.3) is 0 Å². The maximum Gasteiger partial charge on any atom is 0.191 e. The molecule has 0 aliphatic carbocycles. The third-order valence-corrected chi connectivity index (χ3v) is 4.27. The van der Waals surface area contributed by atoms with Crippen LogP contribution < -0.4 is 10.6 Å². The standard InChI is InChI=1S/C21H32N4O3/c1-4-19-18(20(5-2)28-25-19)13-24-21(22-6-3)23-12-17(26)15-27-14-16-10-8-7-9-11-16/h7-11,17,26H,4-6,12-15H2,1-3H3,(H2,22,23,24). The fourth-order valence-corrected chi connectivity index (χ4v) is 2.78. The van der Waals surface area contributed by atoms with E-state index in [2.05, 4.69) is 27.7 Å². The number of aromatic nitrogens is 1. The molecule has 0 saturated heterocycles. The summed E-state index contributed by atoms with van der Waals surface area (Å²) in [6.07, 6.45) is 0.982. The molecule has 1 aromatic heterocycles. The van der Waals surface area contributed by atoms with Crippen LogP contribution in [0.5, 0.6) is 0 Å². The van der Waals surface area contributed by atoms with Gasteiger partial charge in [-0.15, -0.1) is 0 Å². The smallest absolute Gasteiger partial charge is 0.191 e. The summed E-state index contributed by atoms with van der Waals surface area (Å²) in [6, 6.07) is 9.91. The van der Waals surface area contributed by atoms with Gasteiger partial charge in [0, 0.05) is 25.1 Å². The molecule has 2 aromatic rings. The number of benzene rings is 1. The zero-order chi connectivity index (χ0) is 20.2. The average molecular weight is 389 g/mol. The Morgan fingerprint density at radius 2 is 1.96 bits per heavy atom. The number of ether oxygens (including phenoxy) is 1. The van der Waals surface area contributed by atoms with Gasteiger partial charge < -0.3 is 25.0 Å². The van der Waals surface area contributed by atoms with Gasteiger partial charge in [-0.25, -0.2) is 4.99 Å². The number of hydrogen-bond donors (Lipinski definition) is 3. The Kier molecular flexibility index (Phi) is 9.51. The van der Waals surface area contributed by atoms with Crippen molar-refractivity contribution in [3.63, 3.8) is 0 Å². The van der Waals surface area contributed by atoms with Crippen molar-refractivity contribution in [3.8, 4) is 0 Å². The van der Waals surface area contributed by atoms with Crippen molar-refractivity contribution in [1.29, 1.82) is 0 Å². The number of aryl methyl sites for hydroxylation is 2. The molecular weight excluding hydrogens is 356 g/mol. The number of nitrogens with zero attached hydrogens (tertiary/aromatic N) is 2. The predicted octanol–water partition coefficient (Wildman–Crippen LogP) is 2.43. The second kappa shape index (κ2) is 12.2. The molecule has 0 fully saturated rings. The first-order valence-corrected chi connectivity index (χ1v) is 9.96. The maximum atomic E-state index is 10.2. The van der Waals surface area contributed by atoms with E-state index in [0.29, 0.717) is 25.7 Å². The lowest BCUT2D eigenvalue weighted by Gasteiger charge is -2.15. The zero-order valence-corrected chi connectivity index (χ0v) is 17.1. The molecule has 0 radical (unpaired) electrons. The molecule has 0 aliphatic rings. The van der Waals surface area contributed by atoms with Gasteiger partial charge in [0.1, 0.15) is 5.76 Å². The van der Waals surface area contributed by atoms with Gasteiger partial charge in [0.2, 0.25) is 0 Å². The molecule has 1 heterocycles. The highest BCUT2D eigenvalue weighted by Gasteiger charge is 2.13. The first kappa shape index (κ1) is 21.9. The second-order valence-electron chi connectivity index (χ2n) is 6.47. The first-order valence-electron chi connectivity index (χ1n) is 9.96. The van der Waals surface area contributed by atoms with Crippen molar-refractivity contribution < 1.29 is 14.4 Å². The molecule has 7 nitrogen and oxygen atoms in total. The van der Waals surface area contributed by atoms with Crippen molar-refractivity contribution >= 4 is 5.96 Å². The summed E-state index contributed by atoms with van der Waals surface area (Å²) in [5.74, 6) is 1.53. The quantitative estimate of drug-likeness (QED) is 0.404. The van der Waals surface area contributed by atoms with Crippen LogP contribution in [0.4, 0.5) is 0 Å². The summed E-state index contributed by atoms with van der Waals surface area (Å²) >= 11 is 0. The molecule has 0 spiro atoms. The van der Waals surface area contributed by atoms with Crippen molar-refractivity contribution in [2.75, 3.05) is 19.7 Å². The minimum Gasteiger partial charge on any atom is -0.389 e. The van der Waals surface area contributed by atoms with E-state index in [9.17, 15) is 5.11 Å². The Morgan fingerprint density at radius 1 is 1.18 bits per heavy atom. The van der Waals surface area contributed by atoms with Gasteiger partial charge in [-0.2, -0.15) is 0 Å². The van der Waals surface area contributed by atoms with E-state index < -0.39 is 6.10 Å². The van der Waals surface area contributed by atoms with Crippen LogP contribution in [0.15, 0.2) is 39.8 Å². The van der Waals surface area contributed by atoms with Crippen LogP contribution in [0, 0.1) is 0 Å². The average Bonchev–Trinajstić information content (AvgIpc) is 3.13. The summed E-state index contributed by atoms with van der Waals surface area (Å²) < 4.78 is 11.0. The normalized spacial score (nSPS) is 12.8. The van der Waals surface area contributed by atoms with Crippen molar-refractivity contribution in [2.24, 2.45) is 4.99 Å². The van der Waals surface area contributed by atoms with E-state index in [0.717, 1.165) is 42.0 Å². The zero-order valence-electron chi connectivity index (χ0n) is 17.1. The molecule has 28 heavy (non-hydrogen) atoms. The molecule has 0 aliphatic heterocycles. The molecular formula is C21H32N4O3. The van der Waals surface area contributed by atoms with Crippen LogP contribution in [0.1, 0.15) is 43.4 Å². The Balaban J connectivity index is 1.83. The van der Waals surface area contributed by atoms with Crippen LogP contribution >= 0.6 is 0 Å². The molecule has 3 N–H and O–H groups in total. The van der Waals surface area contributed by atoms with Crippen LogP contribution in [-0.4, -0.2) is 42.0 Å². The highest BCUT2D eigenvalue weighted by molar-refractivity contribution is 5.79. The lowest BCUT2D eigenvalue weighted by Crippen LogP contribution is -2.42. The van der Waals surface area contributed by atoms with Crippen LogP contribution in [0.3, 0.4) is 0 Å². The van der Waals surface area contributed by atoms with Crippen molar-refractivity contribution in [3.05, 3.63) is 52.9 Å². The van der Waals surface area contributed by atoms with Gasteiger partial charge in [0.25, 0.3) is 0 Å². The molecule has 0 bridgehead atoms. The van der Waals surface area contributed by atoms with Gasteiger partial charge >= 0.3 is 0 Å². The van der Waals surface area contributed by atoms with Crippen LogP contribution in [0.2, 0.25) is 0 Å². The third kappa shape index (κ3) is 6.98. The summed E-state index contributed by atoms with van der Waals surface area (Å²) in [7, 11) is 0. The fraction of sp³-hybridized carbons (Fsp3) is 0.524. The molecule has 0 amide bonds. The largest absolute Gasteiger partial charge is 0.389 e. The van der Waals surface area contributed by atoms with Crippen molar-refractivity contribution in [2.45, 2.75) is 52.9 Å². The van der Waals surface area contributed by atoms with E-state index in [1.54, 1.807) is 0 Å². The van der Waals surface area contributed by atoms with Crippen LogP contribution in [-0.2, 0) is 30.7 Å². The lowest BCUT2D eigenvalue weighted by atomic mass is 10.1. The Hall–Kier alpha value is -2.38. The minimum absolute atomic E-state index is 0.257. The number of aliphatic hydroxyl groups excluding tert-OH is 1. The van der Waals surface area contributed by atoms with E-state index in [-0.39, 0.29) is 6.61 Å². The van der Waals surface area contributed by atoms with E-state index >= 15 is 0 Å². The minimum atomic E-state index is -0.624. The highest BCUT2D eigenvalue weighted by atomic mass is 16.5. The summed E-state index contributed by atoms with van der Waals surface area (Å²) in [6.45, 7) is 8.42. The number of hydrogen-bond acceptors (Lipinski definition) is 5. The summed E-state index contributed by atoms with van der Waals surface area (Å²) in [4.78, 5) is 4.62. The molecule has 0 saturated carbocycles. The fourth-order valence-electron chi connectivity index (χ4n) is 2.78. The number of aliphatic imine (C=N–C) groups is 1. The number of rotatable bonds is 11. The number of nitrogens with one attached hydrogen (secondary N) is 2. The predicted molar refractivity (Wildman–Crippen MR) is 110 cm³/mol. The number of aliphatic hydroxyl groups is 1. The van der Waals surface area contributed by atoms with E-state index in [4.69, 9.17) is 9.26 Å². The maximum absolute atomic E-state index is 10.2. The van der Waals surface area contributed by atoms with Gasteiger partial charge in [0.05, 0.1) is 31.6 Å². The molecule has 2 rings (SSSR count). The van der Waals surface area contributed by atoms with Gasteiger partial charge in [0.15, 0.2) is 5.96 Å². The Bertz CT molecular complexity index is 694. The number of guanidine groups is 1. The SMILES string of the molecule is CCNC(=NCc1c(CC)noc1CC)NCC(O)COCc1ccccc1. The molecule has 1 aromatic carbocycles. The molecule has 7 heteroatoms. The Morgan fingerprint density at radius 3 is 2.64 bits per heavy atom. The molecule has 1 unspecified atom stereocenters. The monoisotopic (exact) mass is 388 g/mol. The topological polar surface area (TPSA) is 91.9 Å². The molecule has 1 atom stereocenters. The summed E-state index contributed by atoms with van der Waals surface area (Å²) in [5, 5.41) is 20.6. The van der Waals surface area contributed by atoms with Gasteiger partial charge in [-0.05, 0) is 18.9 Å². The van der Waals surface area contributed by atoms with E-state index in [1.807, 2.05) is 44.2 Å². The second-order valence-corrected chi connectivity index (χ2v) is 6.47. The summed E-state index contributed by atoms with van der Waals surface area (Å²) in [5.41, 5.74) is 3.09. The first-order chi connectivity index (χ1) is 13.7. The lowest BCUT2D eigenvalue weighted by molar-refractivity contribution is 0.0308. The highest BCUT2D eigenvalue weighted by Crippen LogP contribution is 2.16.